The summed E-state index contributed by atoms with van der Waals surface area (Å²) in [6, 6.07) is 1.99. The molecule has 0 aromatic carbocycles. The van der Waals surface area contributed by atoms with E-state index in [2.05, 4.69) is 49.5 Å². The summed E-state index contributed by atoms with van der Waals surface area (Å²) in [5, 5.41) is 4.14. The van der Waals surface area contributed by atoms with Gasteiger partial charge in [-0.1, -0.05) is 24.6 Å². The molecule has 0 amide bonds. The minimum atomic E-state index is 0.0855. The van der Waals surface area contributed by atoms with Gasteiger partial charge in [0.15, 0.2) is 0 Å². The lowest BCUT2D eigenvalue weighted by molar-refractivity contribution is 0.424. The Hall–Kier alpha value is -1.06. The van der Waals surface area contributed by atoms with Gasteiger partial charge in [-0.25, -0.2) is 4.98 Å². The number of nitrogens with zero attached hydrogens (tertiary/aromatic N) is 2. The van der Waals surface area contributed by atoms with Crippen molar-refractivity contribution in [2.75, 3.05) is 18.0 Å². The third kappa shape index (κ3) is 5.51. The second kappa shape index (κ2) is 7.65. The largest absolute Gasteiger partial charge is 0.352 e. The lowest BCUT2D eigenvalue weighted by atomic mass is 10.1. The quantitative estimate of drug-likeness (QED) is 0.770. The Morgan fingerprint density at radius 3 is 2.65 bits per heavy atom. The average molecular weight is 296 g/mol. The zero-order chi connectivity index (χ0) is 15.2. The van der Waals surface area contributed by atoms with E-state index >= 15 is 0 Å². The van der Waals surface area contributed by atoms with Crippen molar-refractivity contribution in [3.05, 3.63) is 35.5 Å². The smallest absolute Gasteiger partial charge is 0.147 e. The minimum absolute atomic E-state index is 0.0855. The molecule has 1 heterocycles. The molecule has 0 bridgehead atoms. The van der Waals surface area contributed by atoms with Crippen molar-refractivity contribution in [1.82, 2.24) is 10.3 Å². The lowest BCUT2D eigenvalue weighted by Gasteiger charge is -2.24. The molecule has 20 heavy (non-hydrogen) atoms. The van der Waals surface area contributed by atoms with Crippen LogP contribution in [0.5, 0.6) is 0 Å². The van der Waals surface area contributed by atoms with E-state index in [0.717, 1.165) is 37.4 Å². The zero-order valence-electron chi connectivity index (χ0n) is 13.0. The summed E-state index contributed by atoms with van der Waals surface area (Å²) in [6.07, 6.45) is 4.83. The SMILES string of the molecule is C=CCN(CCC)c1ncc(CNC(C)(C)C)cc1Cl. The van der Waals surface area contributed by atoms with Gasteiger partial charge in [0.2, 0.25) is 0 Å². The maximum absolute atomic E-state index is 6.38. The third-order valence-corrected chi connectivity index (χ3v) is 3.12. The molecule has 0 atom stereocenters. The Labute approximate surface area is 128 Å². The highest BCUT2D eigenvalue weighted by atomic mass is 35.5. The maximum atomic E-state index is 6.38. The van der Waals surface area contributed by atoms with E-state index in [0.29, 0.717) is 5.02 Å². The van der Waals surface area contributed by atoms with Gasteiger partial charge in [-0.05, 0) is 38.8 Å². The van der Waals surface area contributed by atoms with Crippen LogP contribution in [0.4, 0.5) is 5.82 Å². The second-order valence-corrected chi connectivity index (χ2v) is 6.39. The fourth-order valence-corrected chi connectivity index (χ4v) is 2.18. The van der Waals surface area contributed by atoms with Crippen LogP contribution in [0.2, 0.25) is 5.02 Å². The highest BCUT2D eigenvalue weighted by molar-refractivity contribution is 6.33. The van der Waals surface area contributed by atoms with Crippen LogP contribution in [-0.4, -0.2) is 23.6 Å². The Morgan fingerprint density at radius 1 is 1.45 bits per heavy atom. The van der Waals surface area contributed by atoms with Gasteiger partial charge < -0.3 is 10.2 Å². The van der Waals surface area contributed by atoms with Gasteiger partial charge in [0.1, 0.15) is 5.82 Å². The molecule has 0 aliphatic carbocycles. The van der Waals surface area contributed by atoms with E-state index < -0.39 is 0 Å². The molecule has 0 fully saturated rings. The van der Waals surface area contributed by atoms with E-state index in [-0.39, 0.29) is 5.54 Å². The summed E-state index contributed by atoms with van der Waals surface area (Å²) in [7, 11) is 0. The number of nitrogens with one attached hydrogen (secondary N) is 1. The molecule has 0 saturated carbocycles. The molecule has 112 valence electrons. The fourth-order valence-electron chi connectivity index (χ4n) is 1.88. The summed E-state index contributed by atoms with van der Waals surface area (Å²) >= 11 is 6.38. The van der Waals surface area contributed by atoms with Crippen LogP contribution in [0.3, 0.4) is 0 Å². The summed E-state index contributed by atoms with van der Waals surface area (Å²) < 4.78 is 0. The van der Waals surface area contributed by atoms with Crippen molar-refractivity contribution < 1.29 is 0 Å². The molecule has 1 rings (SSSR count). The second-order valence-electron chi connectivity index (χ2n) is 5.99. The van der Waals surface area contributed by atoms with Crippen LogP contribution in [0.15, 0.2) is 24.9 Å². The molecule has 0 unspecified atom stereocenters. The number of halogens is 1. The Kier molecular flexibility index (Phi) is 6.50. The maximum Gasteiger partial charge on any atom is 0.147 e. The number of aromatic nitrogens is 1. The summed E-state index contributed by atoms with van der Waals surface area (Å²) in [5.41, 5.74) is 1.19. The number of hydrogen-bond acceptors (Lipinski definition) is 3. The van der Waals surface area contributed by atoms with Crippen molar-refractivity contribution in [2.24, 2.45) is 0 Å². The summed E-state index contributed by atoms with van der Waals surface area (Å²) in [4.78, 5) is 6.67. The van der Waals surface area contributed by atoms with E-state index in [1.165, 1.54) is 0 Å². The van der Waals surface area contributed by atoms with Gasteiger partial charge >= 0.3 is 0 Å². The van der Waals surface area contributed by atoms with E-state index in [1.807, 2.05) is 18.3 Å². The topological polar surface area (TPSA) is 28.2 Å². The standard InChI is InChI=1S/C16H26ClN3/c1-6-8-20(9-7-2)15-14(17)10-13(11-18-15)12-19-16(3,4)5/h6,10-11,19H,1,7-9,12H2,2-5H3. The number of anilines is 1. The van der Waals surface area contributed by atoms with Crippen LogP contribution >= 0.6 is 11.6 Å². The van der Waals surface area contributed by atoms with Crippen molar-refractivity contribution in [3.63, 3.8) is 0 Å². The Bertz CT molecular complexity index is 438. The summed E-state index contributed by atoms with van der Waals surface area (Å²) in [5.74, 6) is 0.841. The van der Waals surface area contributed by atoms with Crippen molar-refractivity contribution in [3.8, 4) is 0 Å². The average Bonchev–Trinajstić information content (AvgIpc) is 2.35. The third-order valence-electron chi connectivity index (χ3n) is 2.84. The number of pyridine rings is 1. The van der Waals surface area contributed by atoms with Gasteiger partial charge in [-0.2, -0.15) is 0 Å². The highest BCUT2D eigenvalue weighted by Gasteiger charge is 2.12. The van der Waals surface area contributed by atoms with Crippen LogP contribution < -0.4 is 10.2 Å². The normalized spacial score (nSPS) is 11.4. The van der Waals surface area contributed by atoms with E-state index in [1.54, 1.807) is 0 Å². The minimum Gasteiger partial charge on any atom is -0.352 e. The monoisotopic (exact) mass is 295 g/mol. The lowest BCUT2D eigenvalue weighted by Crippen LogP contribution is -2.35. The molecule has 0 radical (unpaired) electrons. The van der Waals surface area contributed by atoms with Crippen LogP contribution in [0, 0.1) is 0 Å². The summed E-state index contributed by atoms with van der Waals surface area (Å²) in [6.45, 7) is 14.8. The van der Waals surface area contributed by atoms with Crippen LogP contribution in [0.25, 0.3) is 0 Å². The molecular formula is C16H26ClN3. The molecule has 4 heteroatoms. The van der Waals surface area contributed by atoms with Crippen LogP contribution in [-0.2, 0) is 6.54 Å². The molecule has 1 aromatic heterocycles. The first-order chi connectivity index (χ1) is 9.37. The Morgan fingerprint density at radius 2 is 2.15 bits per heavy atom. The first-order valence-corrected chi connectivity index (χ1v) is 7.50. The molecule has 1 aromatic rings. The fraction of sp³-hybridized carbons (Fsp3) is 0.562. The number of rotatable bonds is 7. The first-order valence-electron chi connectivity index (χ1n) is 7.12. The Balaban J connectivity index is 2.83. The molecule has 1 N–H and O–H groups in total. The van der Waals surface area contributed by atoms with E-state index in [9.17, 15) is 0 Å². The number of hydrogen-bond donors (Lipinski definition) is 1. The van der Waals surface area contributed by atoms with Gasteiger partial charge in [-0.3, -0.25) is 0 Å². The molecular weight excluding hydrogens is 270 g/mol. The van der Waals surface area contributed by atoms with E-state index in [4.69, 9.17) is 11.6 Å². The van der Waals surface area contributed by atoms with Crippen molar-refractivity contribution in [1.29, 1.82) is 0 Å². The first kappa shape index (κ1) is 17.0. The predicted octanol–water partition coefficient (Wildman–Crippen LogP) is 4.03. The molecule has 0 aliphatic rings. The van der Waals surface area contributed by atoms with Gasteiger partial charge in [0, 0.05) is 31.4 Å². The van der Waals surface area contributed by atoms with Crippen molar-refractivity contribution in [2.45, 2.75) is 46.2 Å². The molecule has 0 spiro atoms. The highest BCUT2D eigenvalue weighted by Crippen LogP contribution is 2.24. The van der Waals surface area contributed by atoms with Gasteiger partial charge in [0.05, 0.1) is 5.02 Å². The molecule has 3 nitrogen and oxygen atoms in total. The van der Waals surface area contributed by atoms with Gasteiger partial charge in [-0.15, -0.1) is 6.58 Å². The predicted molar refractivity (Wildman–Crippen MR) is 88.5 cm³/mol. The van der Waals surface area contributed by atoms with Crippen molar-refractivity contribution >= 4 is 17.4 Å². The van der Waals surface area contributed by atoms with Crippen LogP contribution in [0.1, 0.15) is 39.7 Å². The zero-order valence-corrected chi connectivity index (χ0v) is 13.8. The van der Waals surface area contributed by atoms with Gasteiger partial charge in [0.25, 0.3) is 0 Å². The molecule has 0 saturated heterocycles. The molecule has 0 aliphatic heterocycles.